The lowest BCUT2D eigenvalue weighted by Crippen LogP contribution is -2.13. The van der Waals surface area contributed by atoms with Gasteiger partial charge in [0.25, 0.3) is 0 Å². The lowest BCUT2D eigenvalue weighted by molar-refractivity contribution is -0.139. The summed E-state index contributed by atoms with van der Waals surface area (Å²) >= 11 is 4.20. The summed E-state index contributed by atoms with van der Waals surface area (Å²) < 4.78 is 4.56. The number of carbonyl (C=O) groups excluding carboxylic acids is 1. The van der Waals surface area contributed by atoms with Crippen LogP contribution in [0.2, 0.25) is 0 Å². The Morgan fingerprint density at radius 2 is 2.36 bits per heavy atom. The molecular formula is C9H12N2O2S. The van der Waals surface area contributed by atoms with E-state index in [2.05, 4.69) is 22.8 Å². The van der Waals surface area contributed by atoms with Crippen LogP contribution >= 0.6 is 12.6 Å². The van der Waals surface area contributed by atoms with Gasteiger partial charge in [0.2, 0.25) is 0 Å². The number of methoxy groups -OCH3 is 1. The summed E-state index contributed by atoms with van der Waals surface area (Å²) in [6.07, 6.45) is 0.185. The minimum Gasteiger partial charge on any atom is -0.469 e. The number of nitrogen functional groups attached to an aromatic ring is 1. The minimum atomic E-state index is -0.305. The Bertz CT molecular complexity index is 342. The molecule has 0 aliphatic carbocycles. The van der Waals surface area contributed by atoms with Crippen LogP contribution in [0.25, 0.3) is 0 Å². The van der Waals surface area contributed by atoms with Crippen LogP contribution in [0.15, 0.2) is 23.1 Å². The number of hydrogen-bond donors (Lipinski definition) is 3. The maximum Gasteiger partial charge on any atom is 0.310 e. The van der Waals surface area contributed by atoms with E-state index in [0.717, 1.165) is 5.56 Å². The van der Waals surface area contributed by atoms with Crippen molar-refractivity contribution >= 4 is 24.3 Å². The third-order valence-corrected chi connectivity index (χ3v) is 2.21. The molecule has 5 heteroatoms. The molecule has 4 nitrogen and oxygen atoms in total. The van der Waals surface area contributed by atoms with Crippen LogP contribution in [0, 0.1) is 0 Å². The van der Waals surface area contributed by atoms with E-state index < -0.39 is 0 Å². The number of nitrogens with two attached hydrogens (primary N) is 1. The second kappa shape index (κ2) is 4.88. The molecule has 0 heterocycles. The van der Waals surface area contributed by atoms with E-state index in [1.54, 1.807) is 18.2 Å². The Hall–Kier alpha value is -1.20. The molecule has 0 saturated carbocycles. The highest BCUT2D eigenvalue weighted by atomic mass is 32.1. The van der Waals surface area contributed by atoms with E-state index in [0.29, 0.717) is 10.6 Å². The first kappa shape index (κ1) is 10.9. The van der Waals surface area contributed by atoms with Gasteiger partial charge in [-0.05, 0) is 11.6 Å². The van der Waals surface area contributed by atoms with Crippen LogP contribution in [0.5, 0.6) is 0 Å². The number of esters is 1. The van der Waals surface area contributed by atoms with E-state index in [-0.39, 0.29) is 12.4 Å². The van der Waals surface area contributed by atoms with Crippen LogP contribution < -0.4 is 11.3 Å². The molecule has 0 atom stereocenters. The van der Waals surface area contributed by atoms with E-state index in [4.69, 9.17) is 5.84 Å². The van der Waals surface area contributed by atoms with Crippen LogP contribution in [-0.4, -0.2) is 13.1 Å². The number of hydrogen-bond acceptors (Lipinski definition) is 5. The molecule has 0 bridgehead atoms. The molecule has 76 valence electrons. The summed E-state index contributed by atoms with van der Waals surface area (Å²) in [6, 6.07) is 5.40. The molecule has 1 aromatic carbocycles. The van der Waals surface area contributed by atoms with Crippen molar-refractivity contribution < 1.29 is 9.53 Å². The van der Waals surface area contributed by atoms with Crippen molar-refractivity contribution in [2.45, 2.75) is 11.3 Å². The Morgan fingerprint density at radius 1 is 1.64 bits per heavy atom. The normalized spacial score (nSPS) is 9.64. The van der Waals surface area contributed by atoms with Crippen LogP contribution in [0.4, 0.5) is 5.69 Å². The summed E-state index contributed by atoms with van der Waals surface area (Å²) in [5.41, 5.74) is 3.93. The molecule has 1 rings (SSSR count). The maximum atomic E-state index is 11.0. The minimum absolute atomic E-state index is 0.185. The van der Waals surface area contributed by atoms with Gasteiger partial charge in [-0.3, -0.25) is 10.6 Å². The molecule has 0 aliphatic heterocycles. The van der Waals surface area contributed by atoms with Gasteiger partial charge in [0, 0.05) is 4.90 Å². The first-order chi connectivity index (χ1) is 6.69. The van der Waals surface area contributed by atoms with E-state index in [1.165, 1.54) is 7.11 Å². The Balaban J connectivity index is 2.96. The molecule has 0 fully saturated rings. The average molecular weight is 212 g/mol. The molecule has 0 spiro atoms. The van der Waals surface area contributed by atoms with Gasteiger partial charge >= 0.3 is 5.97 Å². The Labute approximate surface area is 87.8 Å². The van der Waals surface area contributed by atoms with Gasteiger partial charge in [-0.1, -0.05) is 12.1 Å². The smallest absolute Gasteiger partial charge is 0.310 e. The predicted octanol–water partition coefficient (Wildman–Crippen LogP) is 0.976. The Morgan fingerprint density at radius 3 is 2.93 bits per heavy atom. The zero-order chi connectivity index (χ0) is 10.6. The van der Waals surface area contributed by atoms with Crippen molar-refractivity contribution in [2.75, 3.05) is 12.5 Å². The predicted molar refractivity (Wildman–Crippen MR) is 57.2 cm³/mol. The van der Waals surface area contributed by atoms with Gasteiger partial charge in [0.1, 0.15) is 0 Å². The van der Waals surface area contributed by atoms with Gasteiger partial charge < -0.3 is 10.2 Å². The topological polar surface area (TPSA) is 64.3 Å². The second-order valence-electron chi connectivity index (χ2n) is 2.71. The lowest BCUT2D eigenvalue weighted by Gasteiger charge is -2.09. The fraction of sp³-hybridized carbons (Fsp3) is 0.222. The highest BCUT2D eigenvalue weighted by molar-refractivity contribution is 7.80. The van der Waals surface area contributed by atoms with E-state index >= 15 is 0 Å². The zero-order valence-electron chi connectivity index (χ0n) is 7.78. The van der Waals surface area contributed by atoms with Crippen LogP contribution in [0.3, 0.4) is 0 Å². The molecule has 0 unspecified atom stereocenters. The van der Waals surface area contributed by atoms with Crippen LogP contribution in [-0.2, 0) is 16.0 Å². The number of rotatable bonds is 3. The second-order valence-corrected chi connectivity index (χ2v) is 3.19. The number of thiol groups is 1. The van der Waals surface area contributed by atoms with Gasteiger partial charge in [-0.2, -0.15) is 0 Å². The third kappa shape index (κ3) is 2.40. The third-order valence-electron chi connectivity index (χ3n) is 1.84. The molecule has 0 amide bonds. The monoisotopic (exact) mass is 212 g/mol. The lowest BCUT2D eigenvalue weighted by atomic mass is 10.1. The largest absolute Gasteiger partial charge is 0.469 e. The summed E-state index contributed by atoms with van der Waals surface area (Å²) in [6.45, 7) is 0. The van der Waals surface area contributed by atoms with Gasteiger partial charge in [0.15, 0.2) is 0 Å². The van der Waals surface area contributed by atoms with Crippen molar-refractivity contribution in [1.82, 2.24) is 0 Å². The molecule has 3 N–H and O–H groups in total. The van der Waals surface area contributed by atoms with Gasteiger partial charge in [-0.15, -0.1) is 12.6 Å². The molecule has 14 heavy (non-hydrogen) atoms. The molecule has 1 aromatic rings. The highest BCUT2D eigenvalue weighted by Crippen LogP contribution is 2.23. The summed E-state index contributed by atoms with van der Waals surface area (Å²) in [7, 11) is 1.35. The standard InChI is InChI=1S/C9H12N2O2S/c1-13-8(12)5-6-3-2-4-7(14)9(6)11-10/h2-4,11,14H,5,10H2,1H3. The van der Waals surface area contributed by atoms with Crippen molar-refractivity contribution in [3.8, 4) is 0 Å². The molecule has 0 saturated heterocycles. The number of carbonyl (C=O) groups is 1. The van der Waals surface area contributed by atoms with Crippen molar-refractivity contribution in [1.29, 1.82) is 0 Å². The van der Waals surface area contributed by atoms with Gasteiger partial charge in [0.05, 0.1) is 19.2 Å². The fourth-order valence-corrected chi connectivity index (χ4v) is 1.42. The number of benzene rings is 1. The van der Waals surface area contributed by atoms with Gasteiger partial charge in [-0.25, -0.2) is 0 Å². The summed E-state index contributed by atoms with van der Waals surface area (Å²) in [5, 5.41) is 0. The SMILES string of the molecule is COC(=O)Cc1cccc(S)c1NN. The summed E-state index contributed by atoms with van der Waals surface area (Å²) in [5.74, 6) is 5.01. The quantitative estimate of drug-likeness (QED) is 0.302. The van der Waals surface area contributed by atoms with Crippen molar-refractivity contribution in [2.24, 2.45) is 5.84 Å². The first-order valence-corrected chi connectivity index (χ1v) is 4.48. The van der Waals surface area contributed by atoms with E-state index in [9.17, 15) is 4.79 Å². The number of nitrogens with one attached hydrogen (secondary N) is 1. The number of ether oxygens (including phenoxy) is 1. The maximum absolute atomic E-state index is 11.0. The molecule has 0 aliphatic rings. The number of anilines is 1. The Kier molecular flexibility index (Phi) is 3.79. The zero-order valence-corrected chi connectivity index (χ0v) is 8.67. The first-order valence-electron chi connectivity index (χ1n) is 4.03. The molecule has 0 radical (unpaired) electrons. The molecule has 0 aromatic heterocycles. The molecular weight excluding hydrogens is 200 g/mol. The summed E-state index contributed by atoms with van der Waals surface area (Å²) in [4.78, 5) is 11.7. The number of para-hydroxylation sites is 1. The fourth-order valence-electron chi connectivity index (χ4n) is 1.13. The van der Waals surface area contributed by atoms with Crippen molar-refractivity contribution in [3.63, 3.8) is 0 Å². The van der Waals surface area contributed by atoms with Crippen molar-refractivity contribution in [3.05, 3.63) is 23.8 Å². The number of hydrazine groups is 1. The average Bonchev–Trinajstić information content (AvgIpc) is 2.18. The van der Waals surface area contributed by atoms with Crippen LogP contribution in [0.1, 0.15) is 5.56 Å². The van der Waals surface area contributed by atoms with E-state index in [1.807, 2.05) is 0 Å². The highest BCUT2D eigenvalue weighted by Gasteiger charge is 2.09.